The first-order chi connectivity index (χ1) is 8.67. The number of rotatable bonds is 8. The molecule has 0 aliphatic carbocycles. The molecule has 4 N–H and O–H groups in total. The van der Waals surface area contributed by atoms with E-state index >= 15 is 0 Å². The Kier molecular flexibility index (Phi) is 6.77. The van der Waals surface area contributed by atoms with Gasteiger partial charge in [0.25, 0.3) is 0 Å². The van der Waals surface area contributed by atoms with Gasteiger partial charge < -0.3 is 15.7 Å². The molecule has 0 saturated heterocycles. The van der Waals surface area contributed by atoms with E-state index in [1.807, 2.05) is 0 Å². The average Bonchev–Trinajstić information content (AvgIpc) is 2.35. The third-order valence-corrected chi connectivity index (χ3v) is 4.27. The Morgan fingerprint density at radius 2 is 1.84 bits per heavy atom. The molecule has 0 fully saturated rings. The van der Waals surface area contributed by atoms with Gasteiger partial charge in [0.05, 0.1) is 11.2 Å². The van der Waals surface area contributed by atoms with Crippen molar-refractivity contribution in [3.63, 3.8) is 0 Å². The normalized spacial score (nSPS) is 14.5. The number of amides is 2. The van der Waals surface area contributed by atoms with Crippen molar-refractivity contribution in [3.8, 4) is 0 Å². The van der Waals surface area contributed by atoms with Gasteiger partial charge in [0.1, 0.15) is 0 Å². The zero-order valence-electron chi connectivity index (χ0n) is 11.3. The van der Waals surface area contributed by atoms with Crippen LogP contribution in [0.15, 0.2) is 0 Å². The van der Waals surface area contributed by atoms with Crippen molar-refractivity contribution in [3.05, 3.63) is 0 Å². The molecule has 0 bridgehead atoms. The van der Waals surface area contributed by atoms with E-state index in [0.717, 1.165) is 0 Å². The largest absolute Gasteiger partial charge is 0.481 e. The predicted molar refractivity (Wildman–Crippen MR) is 70.3 cm³/mol. The standard InChI is InChI=1S/C10H21N3O5S/c1-4-10(2,8(14)15)7-13-9(16)12-5-6-19(17,18)11-3/h11H,4-7H2,1-3H3,(H,14,15)(H2,12,13,16). The summed E-state index contributed by atoms with van der Waals surface area (Å²) in [4.78, 5) is 22.4. The molecule has 0 aliphatic heterocycles. The molecule has 0 saturated carbocycles. The molecule has 1 atom stereocenters. The lowest BCUT2D eigenvalue weighted by atomic mass is 9.88. The van der Waals surface area contributed by atoms with Gasteiger partial charge in [0, 0.05) is 13.1 Å². The maximum absolute atomic E-state index is 11.4. The van der Waals surface area contributed by atoms with Gasteiger partial charge in [0.2, 0.25) is 10.0 Å². The fourth-order valence-electron chi connectivity index (χ4n) is 1.09. The predicted octanol–water partition coefficient (Wildman–Crippen LogP) is -0.664. The van der Waals surface area contributed by atoms with E-state index in [2.05, 4.69) is 15.4 Å². The van der Waals surface area contributed by atoms with Crippen molar-refractivity contribution in [2.24, 2.45) is 5.41 Å². The van der Waals surface area contributed by atoms with Gasteiger partial charge in [-0.25, -0.2) is 17.9 Å². The topological polar surface area (TPSA) is 125 Å². The number of urea groups is 1. The molecule has 19 heavy (non-hydrogen) atoms. The van der Waals surface area contributed by atoms with Crippen LogP contribution in [-0.2, 0) is 14.8 Å². The maximum Gasteiger partial charge on any atom is 0.314 e. The molecule has 0 radical (unpaired) electrons. The molecule has 0 aromatic heterocycles. The van der Waals surface area contributed by atoms with Crippen LogP contribution in [0.2, 0.25) is 0 Å². The van der Waals surface area contributed by atoms with Crippen molar-refractivity contribution in [1.29, 1.82) is 0 Å². The second-order valence-electron chi connectivity index (χ2n) is 4.35. The molecule has 0 spiro atoms. The number of carboxylic acids is 1. The maximum atomic E-state index is 11.4. The zero-order valence-corrected chi connectivity index (χ0v) is 12.1. The van der Waals surface area contributed by atoms with Crippen LogP contribution in [0.25, 0.3) is 0 Å². The fraction of sp³-hybridized carbons (Fsp3) is 0.800. The first-order valence-corrected chi connectivity index (χ1v) is 7.48. The summed E-state index contributed by atoms with van der Waals surface area (Å²) < 4.78 is 24.3. The number of sulfonamides is 1. The minimum Gasteiger partial charge on any atom is -0.481 e. The van der Waals surface area contributed by atoms with E-state index in [0.29, 0.717) is 6.42 Å². The van der Waals surface area contributed by atoms with Crippen LogP contribution in [0, 0.1) is 5.41 Å². The molecule has 8 nitrogen and oxygen atoms in total. The van der Waals surface area contributed by atoms with Gasteiger partial charge in [-0.3, -0.25) is 4.79 Å². The highest BCUT2D eigenvalue weighted by Crippen LogP contribution is 2.19. The highest BCUT2D eigenvalue weighted by atomic mass is 32.2. The summed E-state index contributed by atoms with van der Waals surface area (Å²) >= 11 is 0. The highest BCUT2D eigenvalue weighted by molar-refractivity contribution is 7.89. The van der Waals surface area contributed by atoms with Crippen LogP contribution in [0.5, 0.6) is 0 Å². The van der Waals surface area contributed by atoms with Crippen molar-refractivity contribution in [1.82, 2.24) is 15.4 Å². The van der Waals surface area contributed by atoms with Gasteiger partial charge >= 0.3 is 12.0 Å². The van der Waals surface area contributed by atoms with E-state index < -0.39 is 27.4 Å². The van der Waals surface area contributed by atoms with Crippen LogP contribution in [0.3, 0.4) is 0 Å². The molecule has 9 heteroatoms. The monoisotopic (exact) mass is 295 g/mol. The van der Waals surface area contributed by atoms with Crippen LogP contribution in [0.4, 0.5) is 4.79 Å². The number of aliphatic carboxylic acids is 1. The summed E-state index contributed by atoms with van der Waals surface area (Å²) in [5.74, 6) is -1.23. The Morgan fingerprint density at radius 3 is 2.26 bits per heavy atom. The van der Waals surface area contributed by atoms with E-state index in [9.17, 15) is 18.0 Å². The SMILES string of the molecule is CCC(C)(CNC(=O)NCCS(=O)(=O)NC)C(=O)O. The lowest BCUT2D eigenvalue weighted by Crippen LogP contribution is -2.45. The molecular weight excluding hydrogens is 274 g/mol. The minimum absolute atomic E-state index is 0.0244. The van der Waals surface area contributed by atoms with Gasteiger partial charge in [0.15, 0.2) is 0 Å². The van der Waals surface area contributed by atoms with Crippen LogP contribution in [0.1, 0.15) is 20.3 Å². The Hall–Kier alpha value is -1.35. The van der Waals surface area contributed by atoms with E-state index in [1.54, 1.807) is 6.92 Å². The van der Waals surface area contributed by atoms with Gasteiger partial charge in [-0.2, -0.15) is 0 Å². The fourth-order valence-corrected chi connectivity index (χ4v) is 1.67. The first-order valence-electron chi connectivity index (χ1n) is 5.83. The third-order valence-electron chi connectivity index (χ3n) is 2.90. The van der Waals surface area contributed by atoms with E-state index in [1.165, 1.54) is 14.0 Å². The summed E-state index contributed by atoms with van der Waals surface area (Å²) in [6.45, 7) is 3.17. The van der Waals surface area contributed by atoms with Crippen LogP contribution in [-0.4, -0.2) is 51.4 Å². The Bertz CT molecular complexity index is 423. The highest BCUT2D eigenvalue weighted by Gasteiger charge is 2.31. The molecule has 1 unspecified atom stereocenters. The summed E-state index contributed by atoms with van der Waals surface area (Å²) in [5, 5.41) is 13.8. The molecule has 0 aromatic rings. The van der Waals surface area contributed by atoms with E-state index in [-0.39, 0.29) is 18.8 Å². The van der Waals surface area contributed by atoms with Crippen molar-refractivity contribution in [2.45, 2.75) is 20.3 Å². The Labute approximate surface area is 113 Å². The van der Waals surface area contributed by atoms with Crippen molar-refractivity contribution >= 4 is 22.0 Å². The summed E-state index contributed by atoms with van der Waals surface area (Å²) in [7, 11) is -2.08. The second kappa shape index (κ2) is 7.29. The quantitative estimate of drug-likeness (QED) is 0.473. The molecule has 112 valence electrons. The summed E-state index contributed by atoms with van der Waals surface area (Å²) in [5.41, 5.74) is -1.03. The number of hydrogen-bond acceptors (Lipinski definition) is 4. The number of hydrogen-bond donors (Lipinski definition) is 4. The number of carboxylic acid groups (broad SMARTS) is 1. The van der Waals surface area contributed by atoms with Crippen molar-refractivity contribution in [2.75, 3.05) is 25.9 Å². The summed E-state index contributed by atoms with van der Waals surface area (Å²) in [6.07, 6.45) is 0.372. The first kappa shape index (κ1) is 17.6. The lowest BCUT2D eigenvalue weighted by Gasteiger charge is -2.23. The molecular formula is C10H21N3O5S. The summed E-state index contributed by atoms with van der Waals surface area (Å²) in [6, 6.07) is -0.591. The lowest BCUT2D eigenvalue weighted by molar-refractivity contribution is -0.147. The van der Waals surface area contributed by atoms with Crippen LogP contribution < -0.4 is 15.4 Å². The van der Waals surface area contributed by atoms with Gasteiger partial charge in [-0.1, -0.05) is 6.92 Å². The third kappa shape index (κ3) is 6.39. The van der Waals surface area contributed by atoms with Crippen molar-refractivity contribution < 1.29 is 23.1 Å². The van der Waals surface area contributed by atoms with E-state index in [4.69, 9.17) is 5.11 Å². The number of nitrogens with one attached hydrogen (secondary N) is 3. The molecule has 0 aliphatic rings. The van der Waals surface area contributed by atoms with Crippen LogP contribution >= 0.6 is 0 Å². The molecule has 2 amide bonds. The zero-order chi connectivity index (χ0) is 15.1. The smallest absolute Gasteiger partial charge is 0.314 e. The molecule has 0 heterocycles. The second-order valence-corrected chi connectivity index (χ2v) is 6.40. The average molecular weight is 295 g/mol. The van der Waals surface area contributed by atoms with Gasteiger partial charge in [-0.05, 0) is 20.4 Å². The van der Waals surface area contributed by atoms with Gasteiger partial charge in [-0.15, -0.1) is 0 Å². The molecule has 0 aromatic carbocycles. The molecule has 0 rings (SSSR count). The minimum atomic E-state index is -3.36. The Balaban J connectivity index is 4.10. The Morgan fingerprint density at radius 1 is 1.26 bits per heavy atom. The number of carbonyl (C=O) groups is 2. The number of carbonyl (C=O) groups excluding carboxylic acids is 1.